The Morgan fingerprint density at radius 2 is 1.97 bits per heavy atom. The van der Waals surface area contributed by atoms with Crippen LogP contribution in [0.1, 0.15) is 49.9 Å². The summed E-state index contributed by atoms with van der Waals surface area (Å²) in [5.74, 6) is 0.248. The van der Waals surface area contributed by atoms with Gasteiger partial charge < -0.3 is 19.3 Å². The predicted octanol–water partition coefficient (Wildman–Crippen LogP) is 1.89. The normalized spacial score (nSPS) is 30.9. The van der Waals surface area contributed by atoms with Gasteiger partial charge in [0.1, 0.15) is 0 Å². The number of morpholine rings is 1. The van der Waals surface area contributed by atoms with Crippen molar-refractivity contribution in [1.82, 2.24) is 14.4 Å². The monoisotopic (exact) mass is 441 g/mol. The number of rotatable bonds is 5. The molecule has 7 heteroatoms. The summed E-state index contributed by atoms with van der Waals surface area (Å²) in [6, 6.07) is 3.78. The number of fused-ring (bicyclic) bond motifs is 4. The molecule has 1 saturated carbocycles. The van der Waals surface area contributed by atoms with Gasteiger partial charge in [0.25, 0.3) is 5.56 Å². The molecule has 4 aliphatic rings. The summed E-state index contributed by atoms with van der Waals surface area (Å²) in [6.07, 6.45) is 8.74. The summed E-state index contributed by atoms with van der Waals surface area (Å²) in [4.78, 5) is 31.4. The largest absolute Gasteiger partial charge is 0.396 e. The minimum absolute atomic E-state index is 0.00615. The second-order valence-corrected chi connectivity index (χ2v) is 9.80. The maximum Gasteiger partial charge on any atom is 0.258 e. The first-order valence-electron chi connectivity index (χ1n) is 12.2. The van der Waals surface area contributed by atoms with Gasteiger partial charge in [-0.2, -0.15) is 0 Å². The number of ether oxygens (including phenoxy) is 1. The molecule has 0 aromatic carbocycles. The molecule has 1 aromatic heterocycles. The lowest BCUT2D eigenvalue weighted by Crippen LogP contribution is -2.48. The summed E-state index contributed by atoms with van der Waals surface area (Å²) in [5, 5.41) is 10.5. The number of carbonyl (C=O) groups is 1. The lowest BCUT2D eigenvalue weighted by Gasteiger charge is -2.40. The van der Waals surface area contributed by atoms with Gasteiger partial charge in [0.05, 0.1) is 25.2 Å². The molecule has 0 unspecified atom stereocenters. The van der Waals surface area contributed by atoms with E-state index in [1.54, 1.807) is 0 Å². The van der Waals surface area contributed by atoms with E-state index < -0.39 is 0 Å². The van der Waals surface area contributed by atoms with E-state index in [2.05, 4.69) is 4.90 Å². The van der Waals surface area contributed by atoms with Crippen molar-refractivity contribution in [3.63, 3.8) is 0 Å². The van der Waals surface area contributed by atoms with Crippen LogP contribution in [0.5, 0.6) is 0 Å². The van der Waals surface area contributed by atoms with E-state index >= 15 is 0 Å². The topological polar surface area (TPSA) is 75.0 Å². The van der Waals surface area contributed by atoms with E-state index in [9.17, 15) is 14.7 Å². The third-order valence-electron chi connectivity index (χ3n) is 8.10. The Morgan fingerprint density at radius 1 is 1.22 bits per heavy atom. The van der Waals surface area contributed by atoms with Crippen LogP contribution in [-0.4, -0.2) is 70.9 Å². The number of pyridine rings is 1. The summed E-state index contributed by atoms with van der Waals surface area (Å²) >= 11 is 0. The van der Waals surface area contributed by atoms with Gasteiger partial charge in [0.2, 0.25) is 5.91 Å². The molecule has 174 valence electrons. The molecule has 0 spiro atoms. The van der Waals surface area contributed by atoms with Crippen molar-refractivity contribution in [1.29, 1.82) is 0 Å². The van der Waals surface area contributed by atoms with Gasteiger partial charge in [-0.25, -0.2) is 0 Å². The Bertz CT molecular complexity index is 930. The second kappa shape index (κ2) is 9.12. The van der Waals surface area contributed by atoms with E-state index in [0.29, 0.717) is 44.3 Å². The summed E-state index contributed by atoms with van der Waals surface area (Å²) in [6.45, 7) is 5.68. The lowest BCUT2D eigenvalue weighted by molar-refractivity contribution is -0.142. The zero-order chi connectivity index (χ0) is 22.2. The molecule has 4 atom stereocenters. The molecule has 3 fully saturated rings. The van der Waals surface area contributed by atoms with Crippen molar-refractivity contribution in [2.75, 3.05) is 39.5 Å². The Labute approximate surface area is 189 Å². The van der Waals surface area contributed by atoms with Crippen LogP contribution < -0.4 is 5.56 Å². The number of aliphatic hydroxyl groups is 1. The molecular weight excluding hydrogens is 406 g/mol. The Kier molecular flexibility index (Phi) is 6.23. The van der Waals surface area contributed by atoms with Crippen molar-refractivity contribution in [2.24, 2.45) is 17.8 Å². The first-order chi connectivity index (χ1) is 15.6. The van der Waals surface area contributed by atoms with Crippen LogP contribution in [0.2, 0.25) is 0 Å². The molecule has 32 heavy (non-hydrogen) atoms. The van der Waals surface area contributed by atoms with Crippen LogP contribution in [-0.2, 0) is 16.1 Å². The third kappa shape index (κ3) is 3.64. The van der Waals surface area contributed by atoms with Crippen molar-refractivity contribution >= 4 is 12.0 Å². The molecule has 7 nitrogen and oxygen atoms in total. The summed E-state index contributed by atoms with van der Waals surface area (Å²) in [5.41, 5.74) is 1.61. The highest BCUT2D eigenvalue weighted by Gasteiger charge is 2.56. The minimum atomic E-state index is -0.328. The van der Waals surface area contributed by atoms with Crippen molar-refractivity contribution < 1.29 is 14.6 Å². The number of allylic oxidation sites excluding steroid dienone is 1. The van der Waals surface area contributed by atoms with Crippen LogP contribution in [0.4, 0.5) is 0 Å². The molecule has 5 rings (SSSR count). The van der Waals surface area contributed by atoms with E-state index in [0.717, 1.165) is 12.2 Å². The highest BCUT2D eigenvalue weighted by Crippen LogP contribution is 2.49. The van der Waals surface area contributed by atoms with Crippen LogP contribution >= 0.6 is 0 Å². The molecule has 1 aromatic rings. The smallest absolute Gasteiger partial charge is 0.258 e. The molecule has 1 N–H and O–H groups in total. The fraction of sp³-hybridized carbons (Fsp3) is 0.680. The van der Waals surface area contributed by atoms with Crippen molar-refractivity contribution in [2.45, 2.75) is 51.2 Å². The van der Waals surface area contributed by atoms with E-state index in [-0.39, 0.29) is 42.0 Å². The van der Waals surface area contributed by atoms with E-state index in [4.69, 9.17) is 4.74 Å². The molecular formula is C25H35N3O4. The van der Waals surface area contributed by atoms with Crippen molar-refractivity contribution in [3.8, 4) is 0 Å². The van der Waals surface area contributed by atoms with E-state index in [1.807, 2.05) is 40.7 Å². The standard InChI is InChI=1S/C25H35N3O4/c1-2-5-18-8-9-20-23-22(25(31)26-10-12-32-13-11-26)19(16-29)21(15-28(20)24(18)30)27(23)14-17-6-3-4-7-17/h2,5,8-9,17,19,21-23,29H,3-4,6-7,10-16H2,1H3/b5-2-/t19-,21-,22+,23+/m1/s1. The number of aromatic nitrogens is 1. The minimum Gasteiger partial charge on any atom is -0.396 e. The average molecular weight is 442 g/mol. The van der Waals surface area contributed by atoms with Gasteiger partial charge in [-0.3, -0.25) is 14.5 Å². The third-order valence-corrected chi connectivity index (χ3v) is 8.10. The molecule has 0 radical (unpaired) electrons. The SMILES string of the molecule is C/C=C\c1ccc2n(c1=O)C[C@@H]1[C@@H](CO)[C@H](C(=O)N3CCOCC3)[C@H]2N1CC1CCCC1. The zero-order valence-electron chi connectivity index (χ0n) is 19.0. The highest BCUT2D eigenvalue weighted by atomic mass is 16.5. The Hall–Kier alpha value is -1.96. The predicted molar refractivity (Wildman–Crippen MR) is 122 cm³/mol. The molecule has 1 aliphatic carbocycles. The maximum atomic E-state index is 13.8. The number of amides is 1. The number of aliphatic hydroxyl groups excluding tert-OH is 1. The quantitative estimate of drug-likeness (QED) is 0.755. The molecule has 1 amide bonds. The van der Waals surface area contributed by atoms with Crippen LogP contribution in [0, 0.1) is 17.8 Å². The molecule has 4 heterocycles. The van der Waals surface area contributed by atoms with Gasteiger partial charge in [-0.15, -0.1) is 0 Å². The van der Waals surface area contributed by atoms with Gasteiger partial charge >= 0.3 is 0 Å². The van der Waals surface area contributed by atoms with Gasteiger partial charge in [-0.1, -0.05) is 25.0 Å². The van der Waals surface area contributed by atoms with Gasteiger partial charge in [0, 0.05) is 56.0 Å². The van der Waals surface area contributed by atoms with Gasteiger partial charge in [0.15, 0.2) is 0 Å². The van der Waals surface area contributed by atoms with Gasteiger partial charge in [-0.05, 0) is 37.8 Å². The second-order valence-electron chi connectivity index (χ2n) is 9.80. The molecule has 3 aliphatic heterocycles. The number of hydrogen-bond acceptors (Lipinski definition) is 5. The Morgan fingerprint density at radius 3 is 2.66 bits per heavy atom. The highest BCUT2D eigenvalue weighted by molar-refractivity contribution is 5.81. The molecule has 2 bridgehead atoms. The summed E-state index contributed by atoms with van der Waals surface area (Å²) < 4.78 is 7.34. The first kappa shape index (κ1) is 21.9. The van der Waals surface area contributed by atoms with E-state index in [1.165, 1.54) is 25.7 Å². The fourth-order valence-electron chi connectivity index (χ4n) is 6.56. The number of hydrogen-bond donors (Lipinski definition) is 1. The Balaban J connectivity index is 1.57. The zero-order valence-corrected chi connectivity index (χ0v) is 19.0. The van der Waals surface area contributed by atoms with Crippen molar-refractivity contribution in [3.05, 3.63) is 39.8 Å². The van der Waals surface area contributed by atoms with Crippen LogP contribution in [0.15, 0.2) is 23.0 Å². The maximum absolute atomic E-state index is 13.8. The average Bonchev–Trinajstić information content (AvgIpc) is 3.40. The first-order valence-corrected chi connectivity index (χ1v) is 12.2. The summed E-state index contributed by atoms with van der Waals surface area (Å²) in [7, 11) is 0. The number of nitrogens with zero attached hydrogens (tertiary/aromatic N) is 3. The van der Waals surface area contributed by atoms with Crippen LogP contribution in [0.3, 0.4) is 0 Å². The number of carbonyl (C=O) groups excluding carboxylic acids is 1. The van der Waals surface area contributed by atoms with Crippen LogP contribution in [0.25, 0.3) is 6.08 Å². The molecule has 2 saturated heterocycles. The lowest BCUT2D eigenvalue weighted by atomic mass is 9.86. The fourth-order valence-corrected chi connectivity index (χ4v) is 6.56.